The average molecular weight is 459 g/mol. The van der Waals surface area contributed by atoms with E-state index in [0.717, 1.165) is 31.2 Å². The summed E-state index contributed by atoms with van der Waals surface area (Å²) in [5.41, 5.74) is 1.29. The van der Waals surface area contributed by atoms with Gasteiger partial charge in [0.1, 0.15) is 18.0 Å². The van der Waals surface area contributed by atoms with Gasteiger partial charge in [0.05, 0.1) is 25.2 Å². The number of carbonyl (C=O) groups is 2. The van der Waals surface area contributed by atoms with Crippen molar-refractivity contribution in [1.29, 1.82) is 0 Å². The number of hydrogen-bond acceptors (Lipinski definition) is 6. The molecule has 1 aliphatic heterocycles. The molecule has 0 saturated heterocycles. The number of carbonyl (C=O) groups excluding carboxylic acids is 2. The molecular formula is C25H34N2O6. The van der Waals surface area contributed by atoms with Crippen LogP contribution in [0.15, 0.2) is 35.9 Å². The first kappa shape index (κ1) is 23.7. The molecular weight excluding hydrogens is 424 g/mol. The zero-order valence-electron chi connectivity index (χ0n) is 19.1. The number of nitrogens with zero attached hydrogens (tertiary/aromatic N) is 1. The number of aliphatic hydroxyl groups excluding tert-OH is 2. The molecule has 1 saturated carbocycles. The molecule has 2 amide bonds. The second-order valence-electron chi connectivity index (χ2n) is 9.12. The maximum Gasteiger partial charge on any atom is 0.247 e. The van der Waals surface area contributed by atoms with Crippen molar-refractivity contribution in [1.82, 2.24) is 10.2 Å². The summed E-state index contributed by atoms with van der Waals surface area (Å²) in [6, 6.07) is 6.74. The highest BCUT2D eigenvalue weighted by atomic mass is 16.5. The van der Waals surface area contributed by atoms with E-state index in [9.17, 15) is 19.8 Å². The summed E-state index contributed by atoms with van der Waals surface area (Å²) in [5, 5.41) is 23.3. The maximum absolute atomic E-state index is 13.4. The van der Waals surface area contributed by atoms with E-state index in [1.54, 1.807) is 18.1 Å². The molecule has 0 spiro atoms. The van der Waals surface area contributed by atoms with Gasteiger partial charge in [-0.15, -0.1) is 0 Å². The van der Waals surface area contributed by atoms with E-state index >= 15 is 0 Å². The minimum Gasteiger partial charge on any atom is -0.486 e. The van der Waals surface area contributed by atoms with Crippen molar-refractivity contribution in [3.8, 4) is 5.75 Å². The number of hydrogen-bond donors (Lipinski definition) is 3. The molecule has 4 atom stereocenters. The number of ether oxygens (including phenoxy) is 2. The minimum absolute atomic E-state index is 0.0386. The quantitative estimate of drug-likeness (QED) is 0.516. The van der Waals surface area contributed by atoms with E-state index < -0.39 is 24.2 Å². The fraction of sp³-hybridized carbons (Fsp3) is 0.600. The monoisotopic (exact) mass is 458 g/mol. The first-order chi connectivity index (χ1) is 16.0. The zero-order chi connectivity index (χ0) is 23.4. The largest absolute Gasteiger partial charge is 0.486 e. The Morgan fingerprint density at radius 1 is 1.24 bits per heavy atom. The van der Waals surface area contributed by atoms with Crippen molar-refractivity contribution in [3.63, 3.8) is 0 Å². The van der Waals surface area contributed by atoms with Crippen LogP contribution in [0, 0.1) is 5.92 Å². The molecule has 0 unspecified atom stereocenters. The van der Waals surface area contributed by atoms with Crippen LogP contribution in [0.1, 0.15) is 43.6 Å². The van der Waals surface area contributed by atoms with Gasteiger partial charge in [-0.1, -0.05) is 31.0 Å². The highest BCUT2D eigenvalue weighted by Gasteiger charge is 2.50. The van der Waals surface area contributed by atoms with E-state index in [0.29, 0.717) is 36.8 Å². The van der Waals surface area contributed by atoms with E-state index in [2.05, 4.69) is 5.32 Å². The first-order valence-electron chi connectivity index (χ1n) is 11.9. The molecule has 8 heteroatoms. The lowest BCUT2D eigenvalue weighted by Gasteiger charge is -2.41. The molecule has 4 rings (SSSR count). The van der Waals surface area contributed by atoms with Gasteiger partial charge in [0.2, 0.25) is 11.8 Å². The third-order valence-corrected chi connectivity index (χ3v) is 7.03. The maximum atomic E-state index is 13.4. The van der Waals surface area contributed by atoms with Crippen LogP contribution in [0.5, 0.6) is 5.75 Å². The smallest absolute Gasteiger partial charge is 0.247 e. The van der Waals surface area contributed by atoms with Gasteiger partial charge in [0.15, 0.2) is 0 Å². The number of amides is 2. The molecule has 0 radical (unpaired) electrons. The van der Waals surface area contributed by atoms with Crippen molar-refractivity contribution >= 4 is 11.8 Å². The Bertz CT molecular complexity index is 881. The Morgan fingerprint density at radius 3 is 2.73 bits per heavy atom. The Kier molecular flexibility index (Phi) is 7.67. The van der Waals surface area contributed by atoms with Gasteiger partial charge < -0.3 is 29.9 Å². The number of aliphatic hydroxyl groups is 2. The van der Waals surface area contributed by atoms with Gasteiger partial charge in [0.25, 0.3) is 0 Å². The van der Waals surface area contributed by atoms with Gasteiger partial charge in [0, 0.05) is 37.8 Å². The summed E-state index contributed by atoms with van der Waals surface area (Å²) < 4.78 is 11.4. The van der Waals surface area contributed by atoms with Crippen LogP contribution in [0.4, 0.5) is 0 Å². The van der Waals surface area contributed by atoms with Gasteiger partial charge >= 0.3 is 0 Å². The SMILES string of the molecule is COCCN(C(=O)CC1CCCC1)[C@@H]1C=C(C(=O)NCCO)[C@@H]2c3ccccc3O[C@@H]2[C@H]1O. The number of fused-ring (bicyclic) bond motifs is 3. The zero-order valence-corrected chi connectivity index (χ0v) is 19.1. The third-order valence-electron chi connectivity index (χ3n) is 7.03. The summed E-state index contributed by atoms with van der Waals surface area (Å²) in [6.45, 7) is 0.591. The normalized spacial score (nSPS) is 26.2. The number of rotatable bonds is 9. The summed E-state index contributed by atoms with van der Waals surface area (Å²) in [7, 11) is 1.58. The van der Waals surface area contributed by atoms with Crippen molar-refractivity contribution in [3.05, 3.63) is 41.5 Å². The standard InChI is InChI=1S/C25H34N2O6/c1-32-13-11-27(21(29)14-16-6-2-3-7-16)19-15-18(25(31)26-10-12-28)22-17-8-4-5-9-20(17)33-24(22)23(19)30/h4-5,8-9,15-16,19,22-24,28,30H,2-3,6-7,10-14H2,1H3,(H,26,31)/t19-,22+,23+,24+/m1/s1. The summed E-state index contributed by atoms with van der Waals surface area (Å²) in [5.74, 6) is 0.183. The van der Waals surface area contributed by atoms with Crippen LogP contribution >= 0.6 is 0 Å². The van der Waals surface area contributed by atoms with Crippen LogP contribution in [-0.2, 0) is 14.3 Å². The Balaban J connectivity index is 1.67. The van der Waals surface area contributed by atoms with Gasteiger partial charge in [-0.3, -0.25) is 9.59 Å². The fourth-order valence-electron chi connectivity index (χ4n) is 5.40. The highest BCUT2D eigenvalue weighted by Crippen LogP contribution is 2.47. The predicted octanol–water partition coefficient (Wildman–Crippen LogP) is 1.36. The number of methoxy groups -OCH3 is 1. The van der Waals surface area contributed by atoms with Gasteiger partial charge in [-0.2, -0.15) is 0 Å². The number of para-hydroxylation sites is 1. The summed E-state index contributed by atoms with van der Waals surface area (Å²) >= 11 is 0. The lowest BCUT2D eigenvalue weighted by atomic mass is 9.77. The minimum atomic E-state index is -0.999. The summed E-state index contributed by atoms with van der Waals surface area (Å²) in [4.78, 5) is 28.1. The fourth-order valence-corrected chi connectivity index (χ4v) is 5.40. The molecule has 1 heterocycles. The van der Waals surface area contributed by atoms with Gasteiger partial charge in [-0.25, -0.2) is 0 Å². The molecule has 1 fully saturated rings. The van der Waals surface area contributed by atoms with Crippen molar-refractivity contribution in [2.24, 2.45) is 5.92 Å². The molecule has 1 aromatic carbocycles. The molecule has 3 N–H and O–H groups in total. The Morgan fingerprint density at radius 2 is 2.00 bits per heavy atom. The van der Waals surface area contributed by atoms with E-state index in [1.165, 1.54) is 0 Å². The lowest BCUT2D eigenvalue weighted by molar-refractivity contribution is -0.139. The lowest BCUT2D eigenvalue weighted by Crippen LogP contribution is -2.56. The van der Waals surface area contributed by atoms with Crippen molar-refractivity contribution in [2.45, 2.75) is 56.3 Å². The Hall–Kier alpha value is -2.42. The number of benzene rings is 1. The van der Waals surface area contributed by atoms with Crippen LogP contribution in [0.2, 0.25) is 0 Å². The average Bonchev–Trinajstić information content (AvgIpc) is 3.47. The molecule has 0 bridgehead atoms. The summed E-state index contributed by atoms with van der Waals surface area (Å²) in [6.07, 6.45) is 4.85. The third kappa shape index (κ3) is 4.93. The molecule has 33 heavy (non-hydrogen) atoms. The topological polar surface area (TPSA) is 108 Å². The molecule has 1 aromatic rings. The molecule has 2 aliphatic carbocycles. The highest BCUT2D eigenvalue weighted by molar-refractivity contribution is 5.96. The van der Waals surface area contributed by atoms with E-state index in [-0.39, 0.29) is 25.0 Å². The number of nitrogens with one attached hydrogen (secondary N) is 1. The van der Waals surface area contributed by atoms with Crippen molar-refractivity contribution in [2.75, 3.05) is 33.4 Å². The van der Waals surface area contributed by atoms with E-state index in [1.807, 2.05) is 24.3 Å². The molecule has 8 nitrogen and oxygen atoms in total. The molecule has 0 aromatic heterocycles. The van der Waals surface area contributed by atoms with Crippen LogP contribution in [0.25, 0.3) is 0 Å². The van der Waals surface area contributed by atoms with Crippen LogP contribution < -0.4 is 10.1 Å². The van der Waals surface area contributed by atoms with E-state index in [4.69, 9.17) is 9.47 Å². The van der Waals surface area contributed by atoms with Crippen LogP contribution in [0.3, 0.4) is 0 Å². The molecule has 180 valence electrons. The second-order valence-corrected chi connectivity index (χ2v) is 9.12. The predicted molar refractivity (Wildman–Crippen MR) is 122 cm³/mol. The molecule has 3 aliphatic rings. The Labute approximate surface area is 194 Å². The van der Waals surface area contributed by atoms with Crippen molar-refractivity contribution < 1.29 is 29.3 Å². The first-order valence-corrected chi connectivity index (χ1v) is 11.9. The van der Waals surface area contributed by atoms with Gasteiger partial charge in [-0.05, 0) is 30.9 Å². The second kappa shape index (κ2) is 10.7. The van der Waals surface area contributed by atoms with Crippen LogP contribution in [-0.4, -0.2) is 78.6 Å².